The van der Waals surface area contributed by atoms with E-state index in [2.05, 4.69) is 12.2 Å². The van der Waals surface area contributed by atoms with Crippen molar-refractivity contribution in [2.45, 2.75) is 38.1 Å². The molecule has 98 valence electrons. The third-order valence-corrected chi connectivity index (χ3v) is 3.28. The first-order valence-corrected chi connectivity index (χ1v) is 5.92. The summed E-state index contributed by atoms with van der Waals surface area (Å²) < 4.78 is 0. The Bertz CT molecular complexity index is 296. The first-order valence-electron chi connectivity index (χ1n) is 5.92. The molecule has 6 heteroatoms. The fourth-order valence-electron chi connectivity index (χ4n) is 2.47. The van der Waals surface area contributed by atoms with Gasteiger partial charge in [0.15, 0.2) is 0 Å². The molecule has 17 heavy (non-hydrogen) atoms. The summed E-state index contributed by atoms with van der Waals surface area (Å²) in [5.41, 5.74) is 4.45. The minimum Gasteiger partial charge on any atom is -0.394 e. The third kappa shape index (κ3) is 4.32. The second kappa shape index (κ2) is 5.97. The normalized spacial score (nSPS) is 28.7. The number of hydrogen-bond donors (Lipinski definition) is 4. The molecule has 5 N–H and O–H groups in total. The fraction of sp³-hybridized carbons (Fsp3) is 0.818. The molecule has 2 atom stereocenters. The molecule has 0 aromatic heterocycles. The van der Waals surface area contributed by atoms with E-state index in [-0.39, 0.29) is 13.2 Å². The van der Waals surface area contributed by atoms with Crippen LogP contribution in [0.3, 0.4) is 0 Å². The van der Waals surface area contributed by atoms with E-state index < -0.39 is 17.5 Å². The van der Waals surface area contributed by atoms with Gasteiger partial charge in [0, 0.05) is 5.54 Å². The van der Waals surface area contributed by atoms with E-state index in [0.717, 1.165) is 25.7 Å². The molecule has 6 nitrogen and oxygen atoms in total. The van der Waals surface area contributed by atoms with Gasteiger partial charge in [-0.15, -0.1) is 0 Å². The highest BCUT2D eigenvalue weighted by Crippen LogP contribution is 2.31. The molecule has 0 heterocycles. The van der Waals surface area contributed by atoms with Crippen molar-refractivity contribution in [1.82, 2.24) is 10.6 Å². The Kier molecular flexibility index (Phi) is 4.89. The largest absolute Gasteiger partial charge is 0.394 e. The Hall–Kier alpha value is -1.14. The summed E-state index contributed by atoms with van der Waals surface area (Å²) >= 11 is 0. The maximum Gasteiger partial charge on any atom is 0.318 e. The van der Waals surface area contributed by atoms with Crippen LogP contribution in [-0.2, 0) is 4.79 Å². The lowest BCUT2D eigenvalue weighted by Crippen LogP contribution is -2.54. The molecular weight excluding hydrogens is 222 g/mol. The Labute approximate surface area is 101 Å². The van der Waals surface area contributed by atoms with Crippen LogP contribution < -0.4 is 16.4 Å². The van der Waals surface area contributed by atoms with Gasteiger partial charge >= 0.3 is 6.03 Å². The molecule has 0 aliphatic heterocycles. The van der Waals surface area contributed by atoms with E-state index in [1.165, 1.54) is 0 Å². The van der Waals surface area contributed by atoms with Gasteiger partial charge in [-0.3, -0.25) is 10.1 Å². The summed E-state index contributed by atoms with van der Waals surface area (Å²) in [6.45, 7) is 2.13. The molecule has 0 radical (unpaired) electrons. The lowest BCUT2D eigenvalue weighted by Gasteiger charge is -2.39. The van der Waals surface area contributed by atoms with E-state index in [1.807, 2.05) is 5.32 Å². The van der Waals surface area contributed by atoms with Gasteiger partial charge in [0.1, 0.15) is 0 Å². The van der Waals surface area contributed by atoms with Crippen molar-refractivity contribution in [2.75, 3.05) is 13.2 Å². The third-order valence-electron chi connectivity index (χ3n) is 3.28. The second-order valence-corrected chi connectivity index (χ2v) is 4.91. The van der Waals surface area contributed by atoms with Gasteiger partial charge in [0.05, 0.1) is 13.2 Å². The average molecular weight is 243 g/mol. The zero-order valence-corrected chi connectivity index (χ0v) is 10.2. The maximum atomic E-state index is 11.3. The number of hydrogen-bond acceptors (Lipinski definition) is 4. The molecule has 1 fully saturated rings. The van der Waals surface area contributed by atoms with Gasteiger partial charge in [0.25, 0.3) is 0 Å². The average Bonchev–Trinajstić information content (AvgIpc) is 2.26. The highest BCUT2D eigenvalue weighted by Gasteiger charge is 2.34. The highest BCUT2D eigenvalue weighted by atomic mass is 16.3. The lowest BCUT2D eigenvalue weighted by atomic mass is 9.77. The summed E-state index contributed by atoms with van der Waals surface area (Å²) in [5.74, 6) is 0.0613. The molecule has 3 amide bonds. The first-order chi connectivity index (χ1) is 7.97. The summed E-state index contributed by atoms with van der Waals surface area (Å²) in [4.78, 5) is 21.8. The van der Waals surface area contributed by atoms with E-state index in [4.69, 9.17) is 5.73 Å². The van der Waals surface area contributed by atoms with Gasteiger partial charge < -0.3 is 16.2 Å². The molecule has 0 aromatic carbocycles. The van der Waals surface area contributed by atoms with Crippen LogP contribution >= 0.6 is 0 Å². The number of nitrogens with one attached hydrogen (secondary N) is 2. The smallest absolute Gasteiger partial charge is 0.318 e. The molecule has 0 bridgehead atoms. The SMILES string of the molecule is CC1CCCC(CO)(NCC(=O)NC(N)=O)C1. The van der Waals surface area contributed by atoms with Gasteiger partial charge in [-0.2, -0.15) is 0 Å². The minimum absolute atomic E-state index is 0.00118. The molecule has 1 aliphatic carbocycles. The van der Waals surface area contributed by atoms with E-state index in [1.54, 1.807) is 0 Å². The van der Waals surface area contributed by atoms with E-state index in [0.29, 0.717) is 5.92 Å². The number of urea groups is 1. The number of imide groups is 1. The topological polar surface area (TPSA) is 104 Å². The number of carbonyl (C=O) groups excluding carboxylic acids is 2. The number of aliphatic hydroxyl groups is 1. The van der Waals surface area contributed by atoms with E-state index in [9.17, 15) is 14.7 Å². The summed E-state index contributed by atoms with van der Waals surface area (Å²) in [7, 11) is 0. The monoisotopic (exact) mass is 243 g/mol. The van der Waals surface area contributed by atoms with Crippen LogP contribution in [0.1, 0.15) is 32.6 Å². The zero-order valence-electron chi connectivity index (χ0n) is 10.2. The Morgan fingerprint density at radius 1 is 1.53 bits per heavy atom. The number of aliphatic hydroxyl groups excluding tert-OH is 1. The number of carbonyl (C=O) groups is 2. The van der Waals surface area contributed by atoms with Crippen LogP contribution in [0.25, 0.3) is 0 Å². The van der Waals surface area contributed by atoms with Crippen LogP contribution in [0.2, 0.25) is 0 Å². The highest BCUT2D eigenvalue weighted by molar-refractivity contribution is 5.94. The molecule has 1 saturated carbocycles. The fourth-order valence-corrected chi connectivity index (χ4v) is 2.47. The second-order valence-electron chi connectivity index (χ2n) is 4.91. The summed E-state index contributed by atoms with van der Waals surface area (Å²) in [6.07, 6.45) is 3.87. The van der Waals surface area contributed by atoms with Crippen LogP contribution in [0, 0.1) is 5.92 Å². The van der Waals surface area contributed by atoms with Crippen molar-refractivity contribution < 1.29 is 14.7 Å². The zero-order chi connectivity index (χ0) is 12.9. The molecular formula is C11H21N3O3. The molecule has 1 aliphatic rings. The van der Waals surface area contributed by atoms with Crippen LogP contribution in [0.15, 0.2) is 0 Å². The maximum absolute atomic E-state index is 11.3. The van der Waals surface area contributed by atoms with Crippen LogP contribution in [0.5, 0.6) is 0 Å². The van der Waals surface area contributed by atoms with E-state index >= 15 is 0 Å². The predicted octanol–water partition coefficient (Wildman–Crippen LogP) is -0.288. The molecule has 0 aromatic rings. The van der Waals surface area contributed by atoms with Crippen molar-refractivity contribution in [3.8, 4) is 0 Å². The number of nitrogens with two attached hydrogens (primary N) is 1. The first kappa shape index (κ1) is 13.9. The number of rotatable bonds is 4. The van der Waals surface area contributed by atoms with Gasteiger partial charge in [0.2, 0.25) is 5.91 Å². The standard InChI is InChI=1S/C11H21N3O3/c1-8-3-2-4-11(5-8,7-15)13-6-9(16)14-10(12)17/h8,13,15H,2-7H2,1H3,(H3,12,14,16,17). The number of primary amides is 1. The van der Waals surface area contributed by atoms with Crippen molar-refractivity contribution in [3.63, 3.8) is 0 Å². The summed E-state index contributed by atoms with van der Waals surface area (Å²) in [5, 5.41) is 14.5. The van der Waals surface area contributed by atoms with Crippen LogP contribution in [-0.4, -0.2) is 35.7 Å². The van der Waals surface area contributed by atoms with Crippen molar-refractivity contribution in [2.24, 2.45) is 11.7 Å². The molecule has 1 rings (SSSR count). The Morgan fingerprint density at radius 2 is 2.24 bits per heavy atom. The van der Waals surface area contributed by atoms with Gasteiger partial charge in [-0.1, -0.05) is 19.8 Å². The summed E-state index contributed by atoms with van der Waals surface area (Å²) in [6, 6.07) is -0.855. The molecule has 2 unspecified atom stereocenters. The van der Waals surface area contributed by atoms with Crippen LogP contribution in [0.4, 0.5) is 4.79 Å². The molecule has 0 spiro atoms. The number of amides is 3. The van der Waals surface area contributed by atoms with Crippen molar-refractivity contribution in [3.05, 3.63) is 0 Å². The van der Waals surface area contributed by atoms with Gasteiger partial charge in [-0.05, 0) is 18.8 Å². The Balaban J connectivity index is 2.46. The van der Waals surface area contributed by atoms with Crippen molar-refractivity contribution >= 4 is 11.9 Å². The Morgan fingerprint density at radius 3 is 2.76 bits per heavy atom. The van der Waals surface area contributed by atoms with Crippen molar-refractivity contribution in [1.29, 1.82) is 0 Å². The molecule has 0 saturated heterocycles. The minimum atomic E-state index is -0.855. The van der Waals surface area contributed by atoms with Gasteiger partial charge in [-0.25, -0.2) is 4.79 Å². The predicted molar refractivity (Wildman–Crippen MR) is 63.2 cm³/mol. The quantitative estimate of drug-likeness (QED) is 0.544. The lowest BCUT2D eigenvalue weighted by molar-refractivity contribution is -0.119.